The normalized spacial score (nSPS) is 24.3. The fraction of sp³-hybridized carbons (Fsp3) is 1.00. The van der Waals surface area contributed by atoms with Crippen molar-refractivity contribution in [2.75, 3.05) is 53.0 Å². The van der Waals surface area contributed by atoms with E-state index in [4.69, 9.17) is 9.57 Å². The van der Waals surface area contributed by atoms with E-state index >= 15 is 0 Å². The fourth-order valence-electron chi connectivity index (χ4n) is 3.30. The second-order valence-corrected chi connectivity index (χ2v) is 6.46. The van der Waals surface area contributed by atoms with Crippen LogP contribution in [0.3, 0.4) is 0 Å². The number of hydrogen-bond acceptors (Lipinski definition) is 5. The molecule has 1 N–H and O–H groups in total. The van der Waals surface area contributed by atoms with Crippen LogP contribution in [-0.4, -0.2) is 74.2 Å². The van der Waals surface area contributed by atoms with Gasteiger partial charge in [0.05, 0.1) is 12.7 Å². The molecule has 5 nitrogen and oxygen atoms in total. The van der Waals surface area contributed by atoms with Crippen LogP contribution < -0.4 is 0 Å². The number of methoxy groups -OCH3 is 1. The lowest BCUT2D eigenvalue weighted by Crippen LogP contribution is -2.41. The maximum absolute atomic E-state index is 10.1. The SMILES string of the molecule is COCCC1CCN(OCC(O)CN2CCCCC2)CC1. The number of aliphatic hydroxyl groups is 1. The third-order valence-electron chi connectivity index (χ3n) is 4.67. The first-order valence-corrected chi connectivity index (χ1v) is 8.55. The summed E-state index contributed by atoms with van der Waals surface area (Å²) in [4.78, 5) is 8.12. The number of likely N-dealkylation sites (tertiary alicyclic amines) is 1. The minimum Gasteiger partial charge on any atom is -0.389 e. The van der Waals surface area contributed by atoms with Crippen LogP contribution in [0.15, 0.2) is 0 Å². The van der Waals surface area contributed by atoms with Gasteiger partial charge in [-0.05, 0) is 51.1 Å². The molecule has 0 saturated carbocycles. The molecule has 0 bridgehead atoms. The van der Waals surface area contributed by atoms with Gasteiger partial charge < -0.3 is 14.7 Å². The van der Waals surface area contributed by atoms with Gasteiger partial charge in [-0.15, -0.1) is 0 Å². The van der Waals surface area contributed by atoms with Gasteiger partial charge in [0, 0.05) is 33.4 Å². The Balaban J connectivity index is 1.54. The fourth-order valence-corrected chi connectivity index (χ4v) is 3.30. The molecule has 2 aliphatic rings. The van der Waals surface area contributed by atoms with Crippen molar-refractivity contribution >= 4 is 0 Å². The van der Waals surface area contributed by atoms with Gasteiger partial charge in [0.25, 0.3) is 0 Å². The predicted octanol–water partition coefficient (Wildman–Crippen LogP) is 1.51. The quantitative estimate of drug-likeness (QED) is 0.736. The van der Waals surface area contributed by atoms with Crippen molar-refractivity contribution < 1.29 is 14.7 Å². The highest BCUT2D eigenvalue weighted by molar-refractivity contribution is 4.70. The Kier molecular flexibility index (Phi) is 7.96. The van der Waals surface area contributed by atoms with Crippen molar-refractivity contribution in [1.82, 2.24) is 9.96 Å². The number of nitrogens with zero attached hydrogens (tertiary/aromatic N) is 2. The van der Waals surface area contributed by atoms with Crippen molar-refractivity contribution in [2.24, 2.45) is 5.92 Å². The third-order valence-corrected chi connectivity index (χ3v) is 4.67. The first-order chi connectivity index (χ1) is 10.3. The molecule has 1 unspecified atom stereocenters. The Hall–Kier alpha value is -0.200. The average molecular weight is 300 g/mol. The monoisotopic (exact) mass is 300 g/mol. The molecule has 1 atom stereocenters. The summed E-state index contributed by atoms with van der Waals surface area (Å²) in [6.07, 6.45) is 7.00. The van der Waals surface area contributed by atoms with E-state index in [1.165, 1.54) is 32.1 Å². The maximum atomic E-state index is 10.1. The van der Waals surface area contributed by atoms with Crippen LogP contribution >= 0.6 is 0 Å². The van der Waals surface area contributed by atoms with Gasteiger partial charge in [0.15, 0.2) is 0 Å². The number of ether oxygens (including phenoxy) is 1. The number of rotatable bonds is 8. The van der Waals surface area contributed by atoms with Crippen LogP contribution in [0, 0.1) is 5.92 Å². The van der Waals surface area contributed by atoms with E-state index in [1.807, 2.05) is 5.06 Å². The van der Waals surface area contributed by atoms with E-state index in [9.17, 15) is 5.11 Å². The molecular weight excluding hydrogens is 268 g/mol. The van der Waals surface area contributed by atoms with E-state index in [0.717, 1.165) is 51.7 Å². The molecule has 2 saturated heterocycles. The van der Waals surface area contributed by atoms with Gasteiger partial charge in [-0.25, -0.2) is 0 Å². The molecule has 0 aromatic carbocycles. The lowest BCUT2D eigenvalue weighted by Gasteiger charge is -2.32. The van der Waals surface area contributed by atoms with E-state index in [2.05, 4.69) is 4.90 Å². The molecule has 2 heterocycles. The molecule has 124 valence electrons. The first kappa shape index (κ1) is 17.2. The minimum absolute atomic E-state index is 0.366. The van der Waals surface area contributed by atoms with Crippen LogP contribution in [0.5, 0.6) is 0 Å². The largest absolute Gasteiger partial charge is 0.389 e. The van der Waals surface area contributed by atoms with Gasteiger partial charge in [-0.2, -0.15) is 5.06 Å². The molecule has 5 heteroatoms. The number of piperidine rings is 2. The predicted molar refractivity (Wildman–Crippen MR) is 83.0 cm³/mol. The number of hydrogen-bond donors (Lipinski definition) is 1. The van der Waals surface area contributed by atoms with Crippen molar-refractivity contribution in [3.63, 3.8) is 0 Å². The third kappa shape index (κ3) is 6.61. The van der Waals surface area contributed by atoms with Crippen molar-refractivity contribution in [1.29, 1.82) is 0 Å². The summed E-state index contributed by atoms with van der Waals surface area (Å²) < 4.78 is 5.14. The first-order valence-electron chi connectivity index (χ1n) is 8.55. The van der Waals surface area contributed by atoms with Crippen LogP contribution in [0.25, 0.3) is 0 Å². The summed E-state index contributed by atoms with van der Waals surface area (Å²) in [5.41, 5.74) is 0. The molecular formula is C16H32N2O3. The van der Waals surface area contributed by atoms with Gasteiger partial charge in [-0.1, -0.05) is 6.42 Å². The number of aliphatic hydroxyl groups excluding tert-OH is 1. The van der Waals surface area contributed by atoms with Gasteiger partial charge in [-0.3, -0.25) is 4.84 Å². The zero-order chi connectivity index (χ0) is 14.9. The van der Waals surface area contributed by atoms with Gasteiger partial charge in [0.2, 0.25) is 0 Å². The molecule has 0 radical (unpaired) electrons. The van der Waals surface area contributed by atoms with E-state index in [1.54, 1.807) is 7.11 Å². The molecule has 0 spiro atoms. The standard InChI is InChI=1S/C16H32N2O3/c1-20-12-7-15-5-10-18(11-6-15)21-14-16(19)13-17-8-3-2-4-9-17/h15-16,19H,2-14H2,1H3. The highest BCUT2D eigenvalue weighted by atomic mass is 16.7. The highest BCUT2D eigenvalue weighted by Crippen LogP contribution is 2.20. The molecule has 0 aromatic rings. The molecule has 21 heavy (non-hydrogen) atoms. The Morgan fingerprint density at radius 1 is 1.10 bits per heavy atom. The lowest BCUT2D eigenvalue weighted by atomic mass is 9.95. The Labute approximate surface area is 129 Å². The summed E-state index contributed by atoms with van der Waals surface area (Å²) in [5, 5.41) is 12.1. The van der Waals surface area contributed by atoms with E-state index < -0.39 is 0 Å². The van der Waals surface area contributed by atoms with Crippen LogP contribution in [-0.2, 0) is 9.57 Å². The molecule has 0 aliphatic carbocycles. The molecule has 2 aliphatic heterocycles. The maximum Gasteiger partial charge on any atom is 0.0957 e. The zero-order valence-corrected chi connectivity index (χ0v) is 13.5. The second kappa shape index (κ2) is 9.74. The Bertz CT molecular complexity index is 264. The smallest absolute Gasteiger partial charge is 0.0957 e. The van der Waals surface area contributed by atoms with Crippen molar-refractivity contribution in [2.45, 2.75) is 44.6 Å². The topological polar surface area (TPSA) is 45.2 Å². The van der Waals surface area contributed by atoms with Crippen LogP contribution in [0.2, 0.25) is 0 Å². The van der Waals surface area contributed by atoms with Gasteiger partial charge in [0.1, 0.15) is 0 Å². The molecule has 0 aromatic heterocycles. The summed E-state index contributed by atoms with van der Waals surface area (Å²) in [7, 11) is 1.77. The minimum atomic E-state index is -0.366. The van der Waals surface area contributed by atoms with E-state index in [-0.39, 0.29) is 6.10 Å². The van der Waals surface area contributed by atoms with Crippen molar-refractivity contribution in [3.05, 3.63) is 0 Å². The summed E-state index contributed by atoms with van der Waals surface area (Å²) in [6.45, 7) is 6.25. The Morgan fingerprint density at radius 2 is 1.81 bits per heavy atom. The van der Waals surface area contributed by atoms with Crippen LogP contribution in [0.4, 0.5) is 0 Å². The summed E-state index contributed by atoms with van der Waals surface area (Å²) in [6, 6.07) is 0. The number of β-amino-alcohol motifs (C(OH)–C–C–N with tert-alkyl or cyclic N) is 1. The molecule has 0 amide bonds. The summed E-state index contributed by atoms with van der Waals surface area (Å²) >= 11 is 0. The summed E-state index contributed by atoms with van der Waals surface area (Å²) in [5.74, 6) is 0.767. The average Bonchev–Trinajstić information content (AvgIpc) is 2.53. The Morgan fingerprint density at radius 3 is 2.48 bits per heavy atom. The zero-order valence-electron chi connectivity index (χ0n) is 13.5. The van der Waals surface area contributed by atoms with Crippen LogP contribution in [0.1, 0.15) is 38.5 Å². The second-order valence-electron chi connectivity index (χ2n) is 6.46. The lowest BCUT2D eigenvalue weighted by molar-refractivity contribution is -0.193. The van der Waals surface area contributed by atoms with Crippen molar-refractivity contribution in [3.8, 4) is 0 Å². The molecule has 2 rings (SSSR count). The highest BCUT2D eigenvalue weighted by Gasteiger charge is 2.21. The van der Waals surface area contributed by atoms with E-state index in [0.29, 0.717) is 6.61 Å². The number of hydroxylamine groups is 2. The molecule has 2 fully saturated rings. The van der Waals surface area contributed by atoms with Gasteiger partial charge >= 0.3 is 0 Å².